The van der Waals surface area contributed by atoms with Crippen LogP contribution in [0.1, 0.15) is 17.5 Å². The molecule has 9 nitrogen and oxygen atoms in total. The number of hydrogen-bond acceptors (Lipinski definition) is 6. The summed E-state index contributed by atoms with van der Waals surface area (Å²) in [5.74, 6) is -1.10. The van der Waals surface area contributed by atoms with Gasteiger partial charge in [0.25, 0.3) is 0 Å². The van der Waals surface area contributed by atoms with Crippen LogP contribution in [0.3, 0.4) is 0 Å². The molecule has 2 atom stereocenters. The lowest BCUT2D eigenvalue weighted by Crippen LogP contribution is -2.55. The Kier molecular flexibility index (Phi) is 10.6. The summed E-state index contributed by atoms with van der Waals surface area (Å²) in [6.45, 7) is 2.81. The molecule has 12 heteroatoms. The summed E-state index contributed by atoms with van der Waals surface area (Å²) in [4.78, 5) is 30.7. The van der Waals surface area contributed by atoms with Crippen molar-refractivity contribution in [2.45, 2.75) is 31.1 Å². The number of rotatable bonds is 13. The Balaban J connectivity index is 1.76. The zero-order valence-corrected chi connectivity index (χ0v) is 22.5. The topological polar surface area (TPSA) is 149 Å². The number of para-hydroxylation sites is 1. The van der Waals surface area contributed by atoms with E-state index < -0.39 is 35.6 Å². The van der Waals surface area contributed by atoms with E-state index in [0.29, 0.717) is 54.9 Å². The van der Waals surface area contributed by atoms with Gasteiger partial charge in [0.1, 0.15) is 6.04 Å². The summed E-state index contributed by atoms with van der Waals surface area (Å²) >= 11 is 0. The van der Waals surface area contributed by atoms with E-state index in [0.717, 1.165) is 23.0 Å². The highest BCUT2D eigenvalue weighted by Crippen LogP contribution is 2.29. The molecule has 0 saturated heterocycles. The van der Waals surface area contributed by atoms with Crippen molar-refractivity contribution in [3.63, 3.8) is 0 Å². The van der Waals surface area contributed by atoms with Gasteiger partial charge in [0, 0.05) is 31.3 Å². The van der Waals surface area contributed by atoms with Crippen LogP contribution in [0.15, 0.2) is 60.8 Å². The minimum Gasteiger partial charge on any atom is -0.343 e. The van der Waals surface area contributed by atoms with Crippen LogP contribution in [-0.4, -0.2) is 73.1 Å². The van der Waals surface area contributed by atoms with Crippen molar-refractivity contribution >= 4 is 28.4 Å². The first-order chi connectivity index (χ1) is 18.9. The zero-order chi connectivity index (χ0) is 29.3. The molecule has 8 N–H and O–H groups in total. The first-order valence-corrected chi connectivity index (χ1v) is 13.1. The van der Waals surface area contributed by atoms with Crippen LogP contribution >= 0.6 is 0 Å². The maximum Gasteiger partial charge on any atom is 0.416 e. The fourth-order valence-electron chi connectivity index (χ4n) is 4.46. The third-order valence-electron chi connectivity index (χ3n) is 6.87. The van der Waals surface area contributed by atoms with E-state index in [2.05, 4.69) is 15.6 Å². The number of quaternary nitrogens is 1. The lowest BCUT2D eigenvalue weighted by molar-refractivity contribution is -0.907. The van der Waals surface area contributed by atoms with Crippen molar-refractivity contribution < 1.29 is 27.2 Å². The Labute approximate surface area is 231 Å². The van der Waals surface area contributed by atoms with E-state index in [1.165, 1.54) is 18.3 Å². The lowest BCUT2D eigenvalue weighted by Gasteiger charge is -2.34. The average Bonchev–Trinajstić information content (AvgIpc) is 2.91. The summed E-state index contributed by atoms with van der Waals surface area (Å²) in [6, 6.07) is 11.6. The number of carbonyl (C=O) groups is 2. The van der Waals surface area contributed by atoms with Crippen LogP contribution in [0.4, 0.5) is 18.9 Å². The molecular formula is C28H37F3N7O2+. The van der Waals surface area contributed by atoms with E-state index in [-0.39, 0.29) is 6.42 Å². The smallest absolute Gasteiger partial charge is 0.343 e. The molecule has 0 bridgehead atoms. The number of carbonyl (C=O) groups excluding carboxylic acids is 2. The van der Waals surface area contributed by atoms with Crippen molar-refractivity contribution in [1.82, 2.24) is 10.3 Å². The molecule has 0 aliphatic carbocycles. The maximum atomic E-state index is 13.3. The van der Waals surface area contributed by atoms with Crippen molar-refractivity contribution in [2.24, 2.45) is 17.2 Å². The van der Waals surface area contributed by atoms with Gasteiger partial charge in [-0.05, 0) is 29.8 Å². The van der Waals surface area contributed by atoms with E-state index in [4.69, 9.17) is 17.2 Å². The van der Waals surface area contributed by atoms with Gasteiger partial charge in [0.05, 0.1) is 55.7 Å². The predicted molar refractivity (Wildman–Crippen MR) is 149 cm³/mol. The normalized spacial score (nSPS) is 13.6. The van der Waals surface area contributed by atoms with E-state index >= 15 is 0 Å². The number of nitrogens with two attached hydrogens (primary N) is 3. The van der Waals surface area contributed by atoms with Crippen LogP contribution in [-0.2, 0) is 22.2 Å². The fraction of sp³-hybridized carbons (Fsp3) is 0.393. The SMILES string of the molecule is C[N+](CCN)(CCN)CC[C@H](N)C(=O)N[C@H](Cc1ccc(C(F)(F)F)cc1)C(=O)Nc1cnc2ccccc2c1. The van der Waals surface area contributed by atoms with Gasteiger partial charge in [-0.2, -0.15) is 13.2 Å². The van der Waals surface area contributed by atoms with Crippen LogP contribution in [0.5, 0.6) is 0 Å². The van der Waals surface area contributed by atoms with Crippen molar-refractivity contribution in [1.29, 1.82) is 0 Å². The Bertz CT molecular complexity index is 1280. The molecule has 0 aliphatic heterocycles. The number of anilines is 1. The van der Waals surface area contributed by atoms with Gasteiger partial charge in [-0.3, -0.25) is 14.6 Å². The second-order valence-electron chi connectivity index (χ2n) is 10.1. The molecule has 2 amide bonds. The number of amides is 2. The van der Waals surface area contributed by atoms with E-state index in [9.17, 15) is 22.8 Å². The van der Waals surface area contributed by atoms with E-state index in [1.807, 2.05) is 31.3 Å². The van der Waals surface area contributed by atoms with Crippen LogP contribution < -0.4 is 27.8 Å². The van der Waals surface area contributed by atoms with Gasteiger partial charge in [0.2, 0.25) is 11.8 Å². The molecule has 0 unspecified atom stereocenters. The number of nitrogens with zero attached hydrogens (tertiary/aromatic N) is 2. The first kappa shape index (κ1) is 31.0. The zero-order valence-electron chi connectivity index (χ0n) is 22.5. The van der Waals surface area contributed by atoms with Gasteiger partial charge in [0.15, 0.2) is 0 Å². The maximum absolute atomic E-state index is 13.3. The van der Waals surface area contributed by atoms with Gasteiger partial charge < -0.3 is 32.3 Å². The van der Waals surface area contributed by atoms with Crippen molar-refractivity contribution in [2.75, 3.05) is 45.1 Å². The Morgan fingerprint density at radius 3 is 2.25 bits per heavy atom. The summed E-state index contributed by atoms with van der Waals surface area (Å²) in [6.07, 6.45) is -2.71. The van der Waals surface area contributed by atoms with Gasteiger partial charge in [-0.15, -0.1) is 0 Å². The summed E-state index contributed by atoms with van der Waals surface area (Å²) < 4.78 is 39.6. The predicted octanol–water partition coefficient (Wildman–Crippen LogP) is 2.00. The summed E-state index contributed by atoms with van der Waals surface area (Å²) in [5.41, 5.74) is 18.4. The molecule has 2 aromatic carbocycles. The van der Waals surface area contributed by atoms with Gasteiger partial charge in [-0.25, -0.2) is 0 Å². The summed E-state index contributed by atoms with van der Waals surface area (Å²) in [7, 11) is 1.99. The van der Waals surface area contributed by atoms with Crippen LogP contribution in [0.25, 0.3) is 10.9 Å². The second-order valence-corrected chi connectivity index (χ2v) is 10.1. The molecule has 3 rings (SSSR count). The number of likely N-dealkylation sites (N-methyl/N-ethyl adjacent to an activating group) is 1. The largest absolute Gasteiger partial charge is 0.416 e. The third-order valence-corrected chi connectivity index (χ3v) is 6.87. The molecule has 0 aliphatic rings. The highest BCUT2D eigenvalue weighted by atomic mass is 19.4. The third kappa shape index (κ3) is 8.71. The van der Waals surface area contributed by atoms with Crippen molar-refractivity contribution in [3.05, 3.63) is 71.9 Å². The molecule has 3 aromatic rings. The Morgan fingerprint density at radius 1 is 0.975 bits per heavy atom. The minimum atomic E-state index is -4.49. The minimum absolute atomic E-state index is 0.0441. The number of halogens is 3. The van der Waals surface area contributed by atoms with Crippen LogP contribution in [0, 0.1) is 0 Å². The number of nitrogens with one attached hydrogen (secondary N) is 2. The monoisotopic (exact) mass is 560 g/mol. The Hall–Kier alpha value is -3.58. The number of fused-ring (bicyclic) bond motifs is 1. The van der Waals surface area contributed by atoms with Crippen LogP contribution in [0.2, 0.25) is 0 Å². The quantitative estimate of drug-likeness (QED) is 0.202. The fourth-order valence-corrected chi connectivity index (χ4v) is 4.46. The molecule has 1 heterocycles. The standard InChI is InChI=1S/C28H36F3N7O2/c1-38(14-11-32,15-12-33)13-10-23(34)26(39)37-25(16-19-6-8-21(9-7-19)28(29,30)31)27(40)36-22-17-20-4-2-3-5-24(20)35-18-22/h2-9,17-18,23,25H,10-16,32-34H2,1H3,(H-,36,37,39,40)/p+1/t23-,25+/m0/s1. The molecule has 40 heavy (non-hydrogen) atoms. The van der Waals surface area contributed by atoms with E-state index in [1.54, 1.807) is 6.07 Å². The number of aromatic nitrogens is 1. The molecule has 0 fully saturated rings. The second kappa shape index (κ2) is 13.7. The first-order valence-electron chi connectivity index (χ1n) is 13.1. The number of benzene rings is 2. The number of hydrogen-bond donors (Lipinski definition) is 5. The molecule has 0 saturated carbocycles. The number of pyridine rings is 1. The molecule has 216 valence electrons. The highest BCUT2D eigenvalue weighted by Gasteiger charge is 2.31. The van der Waals surface area contributed by atoms with Gasteiger partial charge in [-0.1, -0.05) is 30.3 Å². The van der Waals surface area contributed by atoms with Crippen molar-refractivity contribution in [3.8, 4) is 0 Å². The molecule has 1 aromatic heterocycles. The molecule has 0 radical (unpaired) electrons. The molecule has 0 spiro atoms. The Morgan fingerprint density at radius 2 is 1.62 bits per heavy atom. The number of alkyl halides is 3. The highest BCUT2D eigenvalue weighted by molar-refractivity contribution is 5.99. The van der Waals surface area contributed by atoms with Gasteiger partial charge >= 0.3 is 6.18 Å². The molecular weight excluding hydrogens is 523 g/mol. The average molecular weight is 561 g/mol. The summed E-state index contributed by atoms with van der Waals surface area (Å²) in [5, 5.41) is 6.26. The lowest BCUT2D eigenvalue weighted by atomic mass is 10.0.